The van der Waals surface area contributed by atoms with Crippen molar-refractivity contribution in [3.05, 3.63) is 276 Å². The second-order valence-corrected chi connectivity index (χ2v) is 20.5. The highest BCUT2D eigenvalue weighted by atomic mass is 15.4. The number of aromatic nitrogens is 6. The molecule has 0 bridgehead atoms. The van der Waals surface area contributed by atoms with E-state index >= 15 is 0 Å². The van der Waals surface area contributed by atoms with E-state index < -0.39 is 0 Å². The van der Waals surface area contributed by atoms with Crippen LogP contribution in [0.4, 0.5) is 34.6 Å². The van der Waals surface area contributed by atoms with Gasteiger partial charge in [-0.3, -0.25) is 0 Å². The van der Waals surface area contributed by atoms with Gasteiger partial charge in [-0.2, -0.15) is 19.9 Å². The molecule has 386 valence electrons. The highest BCUT2D eigenvalue weighted by Crippen LogP contribution is 2.45. The van der Waals surface area contributed by atoms with Gasteiger partial charge in [-0.05, 0) is 146 Å². The molecule has 0 amide bonds. The topological polar surface area (TPSA) is 83.8 Å². The van der Waals surface area contributed by atoms with E-state index in [-0.39, 0.29) is 0 Å². The Morgan fingerprint density at radius 1 is 0.225 bits per heavy atom. The van der Waals surface area contributed by atoms with Gasteiger partial charge in [0, 0.05) is 27.9 Å². The van der Waals surface area contributed by atoms with Crippen molar-refractivity contribution in [1.29, 1.82) is 0 Å². The van der Waals surface area contributed by atoms with Gasteiger partial charge in [0.15, 0.2) is 23.3 Å². The minimum Gasteiger partial charge on any atom is -0.309 e. The average molecular weight is 1040 g/mol. The summed E-state index contributed by atoms with van der Waals surface area (Å²) >= 11 is 0. The number of hydrogen-bond acceptors (Lipinski definition) is 8. The van der Waals surface area contributed by atoms with Crippen LogP contribution in [0, 0.1) is 41.5 Å². The summed E-state index contributed by atoms with van der Waals surface area (Å²) in [6.45, 7) is 13.1. The third-order valence-electron chi connectivity index (χ3n) is 14.4. The Labute approximate surface area is 468 Å². The lowest BCUT2D eigenvalue weighted by atomic mass is 9.96. The fraction of sp³-hybridized carbons (Fsp3) is 0.0833. The normalized spacial score (nSPS) is 11.1. The zero-order valence-corrected chi connectivity index (χ0v) is 45.7. The molecule has 8 heteroatoms. The molecule has 12 rings (SSSR count). The van der Waals surface area contributed by atoms with Gasteiger partial charge in [-0.15, -0.1) is 0 Å². The molecule has 0 radical (unpaired) electrons. The maximum absolute atomic E-state index is 5.52. The van der Waals surface area contributed by atoms with Crippen molar-refractivity contribution in [3.8, 4) is 78.9 Å². The van der Waals surface area contributed by atoms with E-state index in [2.05, 4.69) is 210 Å². The van der Waals surface area contributed by atoms with Crippen LogP contribution in [0.25, 0.3) is 78.9 Å². The van der Waals surface area contributed by atoms with Crippen molar-refractivity contribution in [2.45, 2.75) is 41.5 Å². The van der Waals surface area contributed by atoms with Crippen molar-refractivity contribution in [2.75, 3.05) is 9.80 Å². The lowest BCUT2D eigenvalue weighted by Gasteiger charge is -2.32. The van der Waals surface area contributed by atoms with Gasteiger partial charge in [0.2, 0.25) is 11.9 Å². The molecule has 0 aliphatic carbocycles. The first kappa shape index (κ1) is 50.6. The Bertz CT molecular complexity index is 4010. The Balaban J connectivity index is 1.12. The van der Waals surface area contributed by atoms with Gasteiger partial charge >= 0.3 is 0 Å². The molecule has 0 unspecified atom stereocenters. The number of benzene rings is 10. The zero-order chi connectivity index (χ0) is 54.7. The van der Waals surface area contributed by atoms with Crippen LogP contribution in [0.3, 0.4) is 0 Å². The van der Waals surface area contributed by atoms with Gasteiger partial charge in [0.25, 0.3) is 0 Å². The second-order valence-electron chi connectivity index (χ2n) is 20.5. The van der Waals surface area contributed by atoms with Crippen molar-refractivity contribution in [3.63, 3.8) is 0 Å². The third kappa shape index (κ3) is 10.5. The maximum atomic E-state index is 5.52. The van der Waals surface area contributed by atoms with Crippen LogP contribution in [-0.4, -0.2) is 29.9 Å². The molecule has 2 heterocycles. The molecule has 10 aromatic carbocycles. The molecule has 80 heavy (non-hydrogen) atoms. The third-order valence-corrected chi connectivity index (χ3v) is 14.4. The summed E-state index contributed by atoms with van der Waals surface area (Å²) < 4.78 is 0. The van der Waals surface area contributed by atoms with Crippen LogP contribution >= 0.6 is 0 Å². The molecule has 0 aliphatic heterocycles. The number of aryl methyl sites for hydroxylation is 6. The summed E-state index contributed by atoms with van der Waals surface area (Å²) in [5, 5.41) is 0. The molecule has 8 nitrogen and oxygen atoms in total. The lowest BCUT2D eigenvalue weighted by Crippen LogP contribution is -2.19. The predicted octanol–water partition coefficient (Wildman–Crippen LogP) is 18.5. The van der Waals surface area contributed by atoms with E-state index in [0.717, 1.165) is 78.4 Å². The van der Waals surface area contributed by atoms with Crippen LogP contribution < -0.4 is 9.80 Å². The summed E-state index contributed by atoms with van der Waals surface area (Å²) in [7, 11) is 0. The Hall–Kier alpha value is -10.2. The van der Waals surface area contributed by atoms with E-state index in [1.54, 1.807) is 0 Å². The number of anilines is 6. The van der Waals surface area contributed by atoms with Crippen LogP contribution in [0.2, 0.25) is 0 Å². The summed E-state index contributed by atoms with van der Waals surface area (Å²) in [6.07, 6.45) is 0. The largest absolute Gasteiger partial charge is 0.309 e. The molecular weight excluding hydrogens is 977 g/mol. The quantitative estimate of drug-likeness (QED) is 0.113. The van der Waals surface area contributed by atoms with E-state index in [1.165, 1.54) is 33.4 Å². The summed E-state index contributed by atoms with van der Waals surface area (Å²) in [6, 6.07) is 84.0. The molecular formula is C72H58N8. The Kier molecular flexibility index (Phi) is 14.0. The molecule has 0 aliphatic rings. The fourth-order valence-electron chi connectivity index (χ4n) is 10.9. The fourth-order valence-corrected chi connectivity index (χ4v) is 10.9. The monoisotopic (exact) mass is 1030 g/mol. The molecule has 0 saturated heterocycles. The highest BCUT2D eigenvalue weighted by Gasteiger charge is 2.27. The van der Waals surface area contributed by atoms with E-state index in [9.17, 15) is 0 Å². The van der Waals surface area contributed by atoms with Crippen LogP contribution in [0.5, 0.6) is 0 Å². The summed E-state index contributed by atoms with van der Waals surface area (Å²) in [4.78, 5) is 36.7. The SMILES string of the molecule is Cc1cc(C)c(N(c2ccc(N(c3nc(-c4ccccc4)nc(-c4cccc(-c5ccccc5)c4)n3)c3nc(-c4ccccc4)nc(-c4cc(-c5ccccc5)cc(-c5ccccc5)c4)n3)cc2)c2c(C)cc(C)cc2C)c(C)c1. The van der Waals surface area contributed by atoms with Crippen LogP contribution in [0.1, 0.15) is 33.4 Å². The first-order valence-electron chi connectivity index (χ1n) is 27.0. The minimum absolute atomic E-state index is 0.328. The van der Waals surface area contributed by atoms with Crippen molar-refractivity contribution < 1.29 is 0 Å². The molecule has 0 N–H and O–H groups in total. The maximum Gasteiger partial charge on any atom is 0.241 e. The zero-order valence-electron chi connectivity index (χ0n) is 45.7. The van der Waals surface area contributed by atoms with Crippen LogP contribution in [0.15, 0.2) is 243 Å². The first-order valence-corrected chi connectivity index (χ1v) is 27.0. The smallest absolute Gasteiger partial charge is 0.241 e. The van der Waals surface area contributed by atoms with E-state index in [4.69, 9.17) is 29.9 Å². The Morgan fingerprint density at radius 3 is 0.912 bits per heavy atom. The van der Waals surface area contributed by atoms with Gasteiger partial charge in [-0.25, -0.2) is 14.9 Å². The van der Waals surface area contributed by atoms with Gasteiger partial charge in [0.05, 0.1) is 17.1 Å². The standard InChI is InChI=1S/C72H58N8/c1-47-39-49(3)65(50(4)40-47)79(66-51(5)41-48(2)42-52(66)6)63-35-37-64(38-36-63)80(71-75-67(56-29-18-10-19-30-56)73-69(77-71)59-34-22-33-58(43-59)53-23-12-7-13-24-53)72-76-68(57-31-20-11-21-32-57)74-70(78-72)62-45-60(54-25-14-8-15-26-54)44-61(46-62)55-27-16-9-17-28-55/h7-46H,1-6H3. The molecule has 0 saturated carbocycles. The van der Waals surface area contributed by atoms with Gasteiger partial charge in [-0.1, -0.05) is 205 Å². The van der Waals surface area contributed by atoms with Crippen molar-refractivity contribution in [1.82, 2.24) is 29.9 Å². The number of hydrogen-bond donors (Lipinski definition) is 0. The second kappa shape index (κ2) is 22.0. The molecule has 0 atom stereocenters. The molecule has 0 spiro atoms. The first-order chi connectivity index (χ1) is 39.1. The van der Waals surface area contributed by atoms with Gasteiger partial charge in [0.1, 0.15) is 0 Å². The van der Waals surface area contributed by atoms with Gasteiger partial charge < -0.3 is 4.90 Å². The molecule has 2 aromatic heterocycles. The highest BCUT2D eigenvalue weighted by molar-refractivity contribution is 5.86. The van der Waals surface area contributed by atoms with Crippen molar-refractivity contribution >= 4 is 34.6 Å². The van der Waals surface area contributed by atoms with E-state index in [1.807, 2.05) is 83.8 Å². The summed E-state index contributed by atoms with van der Waals surface area (Å²) in [5.74, 6) is 2.64. The van der Waals surface area contributed by atoms with Crippen molar-refractivity contribution in [2.24, 2.45) is 0 Å². The minimum atomic E-state index is 0.328. The number of rotatable bonds is 13. The summed E-state index contributed by atoms with van der Waals surface area (Å²) in [5.41, 5.74) is 20.9. The molecule has 12 aromatic rings. The average Bonchev–Trinajstić information content (AvgIpc) is 3.50. The van der Waals surface area contributed by atoms with Crippen LogP contribution in [-0.2, 0) is 0 Å². The predicted molar refractivity (Wildman–Crippen MR) is 329 cm³/mol. The lowest BCUT2D eigenvalue weighted by molar-refractivity contribution is 0.964. The Morgan fingerprint density at radius 2 is 0.512 bits per heavy atom. The number of nitrogens with zero attached hydrogens (tertiary/aromatic N) is 8. The van der Waals surface area contributed by atoms with E-state index in [0.29, 0.717) is 35.2 Å². The molecule has 0 fully saturated rings.